The summed E-state index contributed by atoms with van der Waals surface area (Å²) < 4.78 is 5.68. The summed E-state index contributed by atoms with van der Waals surface area (Å²) in [6.07, 6.45) is 0.934. The molecule has 1 aliphatic heterocycles. The predicted octanol–water partition coefficient (Wildman–Crippen LogP) is 4.23. The first-order valence-corrected chi connectivity index (χ1v) is 8.56. The lowest BCUT2D eigenvalue weighted by atomic mass is 10.0. The summed E-state index contributed by atoms with van der Waals surface area (Å²) in [7, 11) is 0. The number of nitrogens with zero attached hydrogens (tertiary/aromatic N) is 1. The number of ether oxygens (including phenoxy) is 1. The summed E-state index contributed by atoms with van der Waals surface area (Å²) in [5, 5.41) is 2.77. The van der Waals surface area contributed by atoms with Crippen molar-refractivity contribution in [1.82, 2.24) is 4.90 Å². The molecule has 3 nitrogen and oxygen atoms in total. The van der Waals surface area contributed by atoms with Crippen LogP contribution in [0.4, 0.5) is 0 Å². The molecule has 0 fully saturated rings. The van der Waals surface area contributed by atoms with Gasteiger partial charge in [-0.1, -0.05) is 11.6 Å². The van der Waals surface area contributed by atoms with Crippen molar-refractivity contribution >= 4 is 28.8 Å². The highest BCUT2D eigenvalue weighted by atomic mass is 35.5. The van der Waals surface area contributed by atoms with Crippen LogP contribution in [0.2, 0.25) is 5.02 Å². The number of aryl methyl sites for hydroxylation is 1. The summed E-state index contributed by atoms with van der Waals surface area (Å²) in [4.78, 5) is 15.8. The molecule has 0 radical (unpaired) electrons. The first-order valence-electron chi connectivity index (χ1n) is 7.31. The maximum atomic E-state index is 12.5. The fourth-order valence-corrected chi connectivity index (χ4v) is 4.04. The third-order valence-electron chi connectivity index (χ3n) is 4.09. The number of hydrogen-bond donors (Lipinski definition) is 0. The van der Waals surface area contributed by atoms with Gasteiger partial charge in [0.15, 0.2) is 6.61 Å². The number of fused-ring (bicyclic) bond motifs is 1. The van der Waals surface area contributed by atoms with Crippen LogP contribution in [0.25, 0.3) is 0 Å². The molecule has 1 amide bonds. The molecule has 1 atom stereocenters. The number of rotatable bonds is 3. The van der Waals surface area contributed by atoms with E-state index >= 15 is 0 Å². The van der Waals surface area contributed by atoms with Crippen LogP contribution < -0.4 is 4.74 Å². The molecule has 2 aromatic rings. The first kappa shape index (κ1) is 15.4. The van der Waals surface area contributed by atoms with Crippen LogP contribution in [0.5, 0.6) is 5.75 Å². The van der Waals surface area contributed by atoms with Gasteiger partial charge in [0.25, 0.3) is 5.91 Å². The molecule has 1 aromatic heterocycles. The number of amides is 1. The molecular formula is C17H18ClNO2S. The summed E-state index contributed by atoms with van der Waals surface area (Å²) >= 11 is 7.70. The summed E-state index contributed by atoms with van der Waals surface area (Å²) in [5.41, 5.74) is 2.21. The van der Waals surface area contributed by atoms with Crippen LogP contribution >= 0.6 is 22.9 Å². The third-order valence-corrected chi connectivity index (χ3v) is 5.32. The van der Waals surface area contributed by atoms with E-state index in [0.29, 0.717) is 10.8 Å². The maximum Gasteiger partial charge on any atom is 0.261 e. The van der Waals surface area contributed by atoms with Crippen molar-refractivity contribution in [2.45, 2.75) is 26.3 Å². The minimum atomic E-state index is 0.0266. The Bertz CT molecular complexity index is 698. The van der Waals surface area contributed by atoms with Gasteiger partial charge in [-0.3, -0.25) is 4.79 Å². The summed E-state index contributed by atoms with van der Waals surface area (Å²) in [6.45, 7) is 4.83. The van der Waals surface area contributed by atoms with Gasteiger partial charge in [0, 0.05) is 16.4 Å². The van der Waals surface area contributed by atoms with Gasteiger partial charge in [-0.2, -0.15) is 0 Å². The first-order chi connectivity index (χ1) is 10.6. The average Bonchev–Trinajstić information content (AvgIpc) is 2.96. The molecule has 0 spiro atoms. The molecule has 1 aliphatic rings. The number of thiophene rings is 1. The molecule has 116 valence electrons. The second-order valence-electron chi connectivity index (χ2n) is 5.51. The van der Waals surface area contributed by atoms with Gasteiger partial charge in [0.1, 0.15) is 5.75 Å². The van der Waals surface area contributed by atoms with E-state index < -0.39 is 0 Å². The van der Waals surface area contributed by atoms with Gasteiger partial charge < -0.3 is 9.64 Å². The van der Waals surface area contributed by atoms with Crippen molar-refractivity contribution in [2.24, 2.45) is 0 Å². The SMILES string of the molecule is Cc1cc(Cl)ccc1OCC(=O)N1CCc2sccc2C1C. The molecule has 1 unspecified atom stereocenters. The van der Waals surface area contributed by atoms with Crippen molar-refractivity contribution < 1.29 is 9.53 Å². The number of carbonyl (C=O) groups is 1. The van der Waals surface area contributed by atoms with Crippen molar-refractivity contribution in [3.05, 3.63) is 50.7 Å². The molecule has 22 heavy (non-hydrogen) atoms. The zero-order valence-corrected chi connectivity index (χ0v) is 14.2. The van der Waals surface area contributed by atoms with Crippen LogP contribution in [0.15, 0.2) is 29.6 Å². The van der Waals surface area contributed by atoms with E-state index in [2.05, 4.69) is 18.4 Å². The fourth-order valence-electron chi connectivity index (χ4n) is 2.85. The van der Waals surface area contributed by atoms with E-state index in [9.17, 15) is 4.79 Å². The number of benzene rings is 1. The molecule has 2 heterocycles. The van der Waals surface area contributed by atoms with E-state index in [4.69, 9.17) is 16.3 Å². The van der Waals surface area contributed by atoms with Gasteiger partial charge in [0.05, 0.1) is 6.04 Å². The van der Waals surface area contributed by atoms with Crippen molar-refractivity contribution in [2.75, 3.05) is 13.2 Å². The topological polar surface area (TPSA) is 29.5 Å². The zero-order chi connectivity index (χ0) is 15.7. The lowest BCUT2D eigenvalue weighted by molar-refractivity contribution is -0.135. The Morgan fingerprint density at radius 2 is 2.27 bits per heavy atom. The fraction of sp³-hybridized carbons (Fsp3) is 0.353. The second-order valence-corrected chi connectivity index (χ2v) is 6.95. The Labute approximate surface area is 139 Å². The van der Waals surface area contributed by atoms with Gasteiger partial charge in [-0.25, -0.2) is 0 Å². The van der Waals surface area contributed by atoms with Crippen LogP contribution in [0.3, 0.4) is 0 Å². The highest BCUT2D eigenvalue weighted by Gasteiger charge is 2.28. The van der Waals surface area contributed by atoms with Gasteiger partial charge in [-0.05, 0) is 61.0 Å². The number of carbonyl (C=O) groups excluding carboxylic acids is 1. The molecule has 0 aliphatic carbocycles. The highest BCUT2D eigenvalue weighted by molar-refractivity contribution is 7.10. The average molecular weight is 336 g/mol. The van der Waals surface area contributed by atoms with E-state index in [-0.39, 0.29) is 18.6 Å². The Morgan fingerprint density at radius 3 is 3.05 bits per heavy atom. The maximum absolute atomic E-state index is 12.5. The summed E-state index contributed by atoms with van der Waals surface area (Å²) in [5.74, 6) is 0.734. The Hall–Kier alpha value is -1.52. The third kappa shape index (κ3) is 2.99. The lowest BCUT2D eigenvalue weighted by Gasteiger charge is -2.33. The van der Waals surface area contributed by atoms with Crippen molar-refractivity contribution in [3.8, 4) is 5.75 Å². The van der Waals surface area contributed by atoms with E-state index in [0.717, 1.165) is 18.5 Å². The largest absolute Gasteiger partial charge is 0.483 e. The molecule has 3 rings (SSSR count). The van der Waals surface area contributed by atoms with Crippen LogP contribution in [0, 0.1) is 6.92 Å². The Kier molecular flexibility index (Phi) is 4.41. The van der Waals surface area contributed by atoms with Gasteiger partial charge in [0.2, 0.25) is 0 Å². The standard InChI is InChI=1S/C17H18ClNO2S/c1-11-9-13(18)3-4-15(11)21-10-17(20)19-7-5-16-14(12(19)2)6-8-22-16/h3-4,6,8-9,12H,5,7,10H2,1-2H3. The van der Waals surface area contributed by atoms with Gasteiger partial charge in [-0.15, -0.1) is 11.3 Å². The summed E-state index contributed by atoms with van der Waals surface area (Å²) in [6, 6.07) is 7.66. The van der Waals surface area contributed by atoms with E-state index in [1.54, 1.807) is 17.4 Å². The minimum absolute atomic E-state index is 0.0266. The second kappa shape index (κ2) is 6.31. The molecule has 5 heteroatoms. The van der Waals surface area contributed by atoms with Gasteiger partial charge >= 0.3 is 0 Å². The molecule has 0 N–H and O–H groups in total. The number of hydrogen-bond acceptors (Lipinski definition) is 3. The van der Waals surface area contributed by atoms with Crippen molar-refractivity contribution in [3.63, 3.8) is 0 Å². The quantitative estimate of drug-likeness (QED) is 0.839. The normalized spacial score (nSPS) is 17.2. The Balaban J connectivity index is 1.65. The van der Waals surface area contributed by atoms with Crippen molar-refractivity contribution in [1.29, 1.82) is 0 Å². The molecule has 0 saturated carbocycles. The molecule has 1 aromatic carbocycles. The monoisotopic (exact) mass is 335 g/mol. The number of halogens is 1. The highest BCUT2D eigenvalue weighted by Crippen LogP contribution is 2.32. The van der Waals surface area contributed by atoms with E-state index in [1.807, 2.05) is 24.0 Å². The molecular weight excluding hydrogens is 318 g/mol. The van der Waals surface area contributed by atoms with Crippen LogP contribution in [-0.2, 0) is 11.2 Å². The minimum Gasteiger partial charge on any atom is -0.483 e. The van der Waals surface area contributed by atoms with Crippen LogP contribution in [0.1, 0.15) is 29.0 Å². The molecule has 0 bridgehead atoms. The van der Waals surface area contributed by atoms with Crippen LogP contribution in [-0.4, -0.2) is 24.0 Å². The lowest BCUT2D eigenvalue weighted by Crippen LogP contribution is -2.40. The molecule has 0 saturated heterocycles. The smallest absolute Gasteiger partial charge is 0.261 e. The van der Waals surface area contributed by atoms with E-state index in [1.165, 1.54) is 10.4 Å². The zero-order valence-electron chi connectivity index (χ0n) is 12.6. The predicted molar refractivity (Wildman–Crippen MR) is 89.8 cm³/mol. The Morgan fingerprint density at radius 1 is 1.45 bits per heavy atom.